The molecular weight excluding hydrogens is 336 g/mol. The molecule has 1 heterocycles. The number of ketones is 2. The zero-order valence-corrected chi connectivity index (χ0v) is 14.8. The summed E-state index contributed by atoms with van der Waals surface area (Å²) in [6.07, 6.45) is 1.17. The fourth-order valence-electron chi connectivity index (χ4n) is 4.45. The average Bonchev–Trinajstić information content (AvgIpc) is 3.04. The maximum atomic E-state index is 12.8. The highest BCUT2D eigenvalue weighted by atomic mass is 16.5. The summed E-state index contributed by atoms with van der Waals surface area (Å²) in [5, 5.41) is 31.0. The smallest absolute Gasteiger partial charge is 0.190 e. The first-order chi connectivity index (χ1) is 12.2. The van der Waals surface area contributed by atoms with Gasteiger partial charge in [-0.05, 0) is 36.6 Å². The van der Waals surface area contributed by atoms with E-state index < -0.39 is 17.3 Å². The number of carbonyl (C=O) groups is 2. The number of Topliss-reactive ketones (excluding diaryl/α,β-unsaturated/α-hetero) is 1. The molecule has 6 nitrogen and oxygen atoms in total. The average molecular weight is 356 g/mol. The van der Waals surface area contributed by atoms with Crippen molar-refractivity contribution in [2.45, 2.75) is 45.1 Å². The number of aliphatic hydroxyl groups is 1. The quantitative estimate of drug-likeness (QED) is 0.666. The van der Waals surface area contributed by atoms with E-state index in [0.717, 1.165) is 5.57 Å². The fraction of sp³-hybridized carbons (Fsp3) is 0.400. The summed E-state index contributed by atoms with van der Waals surface area (Å²) >= 11 is 0. The van der Waals surface area contributed by atoms with Gasteiger partial charge >= 0.3 is 0 Å². The first-order valence-electron chi connectivity index (χ1n) is 8.57. The largest absolute Gasteiger partial charge is 0.507 e. The van der Waals surface area contributed by atoms with Gasteiger partial charge in [0.1, 0.15) is 11.9 Å². The van der Waals surface area contributed by atoms with Crippen LogP contribution in [0.5, 0.6) is 17.2 Å². The van der Waals surface area contributed by atoms with E-state index in [1.807, 2.05) is 0 Å². The van der Waals surface area contributed by atoms with Crippen LogP contribution in [0.15, 0.2) is 22.8 Å². The minimum Gasteiger partial charge on any atom is -0.507 e. The van der Waals surface area contributed by atoms with Crippen LogP contribution in [0.1, 0.15) is 48.7 Å². The highest BCUT2D eigenvalue weighted by molar-refractivity contribution is 6.13. The van der Waals surface area contributed by atoms with Crippen molar-refractivity contribution in [1.29, 1.82) is 0 Å². The van der Waals surface area contributed by atoms with Crippen molar-refractivity contribution in [2.24, 2.45) is 0 Å². The number of rotatable bonds is 1. The zero-order valence-electron chi connectivity index (χ0n) is 14.8. The monoisotopic (exact) mass is 356 g/mol. The Labute approximate surface area is 150 Å². The molecule has 1 aromatic carbocycles. The molecule has 0 bridgehead atoms. The van der Waals surface area contributed by atoms with Crippen LogP contribution in [0.4, 0.5) is 0 Å². The third-order valence-corrected chi connectivity index (χ3v) is 5.99. The van der Waals surface area contributed by atoms with Crippen LogP contribution in [0.3, 0.4) is 0 Å². The molecule has 26 heavy (non-hydrogen) atoms. The van der Waals surface area contributed by atoms with E-state index in [0.29, 0.717) is 16.7 Å². The molecule has 0 amide bonds. The second kappa shape index (κ2) is 5.20. The van der Waals surface area contributed by atoms with Crippen molar-refractivity contribution in [3.05, 3.63) is 39.5 Å². The van der Waals surface area contributed by atoms with E-state index in [-0.39, 0.29) is 53.6 Å². The van der Waals surface area contributed by atoms with E-state index in [2.05, 4.69) is 0 Å². The van der Waals surface area contributed by atoms with Gasteiger partial charge < -0.3 is 20.1 Å². The number of phenolic OH excluding ortho intramolecular Hbond substituents is 2. The molecule has 0 radical (unpaired) electrons. The lowest BCUT2D eigenvalue weighted by Gasteiger charge is -2.41. The molecule has 2 atom stereocenters. The molecule has 3 aliphatic rings. The number of fused-ring (bicyclic) bond motifs is 4. The molecule has 0 saturated heterocycles. The third kappa shape index (κ3) is 1.90. The molecule has 0 aromatic heterocycles. The Morgan fingerprint density at radius 3 is 2.54 bits per heavy atom. The zero-order chi connectivity index (χ0) is 19.0. The number of benzene rings is 1. The number of carbonyl (C=O) groups excluding carboxylic acids is 2. The molecule has 4 rings (SSSR count). The first kappa shape index (κ1) is 16.8. The van der Waals surface area contributed by atoms with Gasteiger partial charge in [0.25, 0.3) is 0 Å². The van der Waals surface area contributed by atoms with E-state index >= 15 is 0 Å². The highest BCUT2D eigenvalue weighted by Gasteiger charge is 2.49. The lowest BCUT2D eigenvalue weighted by atomic mass is 9.61. The van der Waals surface area contributed by atoms with Crippen LogP contribution in [0.25, 0.3) is 0 Å². The van der Waals surface area contributed by atoms with Gasteiger partial charge in [-0.15, -0.1) is 0 Å². The van der Waals surface area contributed by atoms with Gasteiger partial charge in [-0.3, -0.25) is 9.59 Å². The van der Waals surface area contributed by atoms with E-state index in [1.54, 1.807) is 20.8 Å². The maximum Gasteiger partial charge on any atom is 0.190 e. The van der Waals surface area contributed by atoms with E-state index in [4.69, 9.17) is 4.74 Å². The summed E-state index contributed by atoms with van der Waals surface area (Å²) in [5.74, 6) is -0.841. The van der Waals surface area contributed by atoms with Crippen LogP contribution < -0.4 is 4.74 Å². The number of hydrogen-bond donors (Lipinski definition) is 3. The van der Waals surface area contributed by atoms with Gasteiger partial charge in [-0.1, -0.05) is 6.92 Å². The normalized spacial score (nSPS) is 26.9. The van der Waals surface area contributed by atoms with Crippen LogP contribution in [-0.4, -0.2) is 39.6 Å². The third-order valence-electron chi connectivity index (χ3n) is 5.99. The SMILES string of the molecule is CC1=C(C)C2=CC(=O)c3c(O)c4c(c(O)c3[C@]2(C)CC1=O)O[C@@H](CO)C4. The Morgan fingerprint density at radius 2 is 1.88 bits per heavy atom. The number of hydrogen-bond acceptors (Lipinski definition) is 6. The van der Waals surface area contributed by atoms with Crippen LogP contribution in [0, 0.1) is 0 Å². The van der Waals surface area contributed by atoms with Gasteiger partial charge in [-0.25, -0.2) is 0 Å². The molecule has 0 fully saturated rings. The predicted molar refractivity (Wildman–Crippen MR) is 92.7 cm³/mol. The molecule has 1 aliphatic heterocycles. The lowest BCUT2D eigenvalue weighted by molar-refractivity contribution is -0.116. The molecule has 136 valence electrons. The number of phenols is 2. The molecule has 1 aromatic rings. The summed E-state index contributed by atoms with van der Waals surface area (Å²) in [5.41, 5.74) is 1.65. The lowest BCUT2D eigenvalue weighted by Crippen LogP contribution is -2.38. The topological polar surface area (TPSA) is 104 Å². The number of allylic oxidation sites excluding steroid dienone is 4. The Bertz CT molecular complexity index is 952. The van der Waals surface area contributed by atoms with Crippen molar-refractivity contribution in [1.82, 2.24) is 0 Å². The van der Waals surface area contributed by atoms with Crippen LogP contribution >= 0.6 is 0 Å². The molecule has 2 aliphatic carbocycles. The maximum absolute atomic E-state index is 12.8. The Kier molecular flexibility index (Phi) is 3.37. The summed E-state index contributed by atoms with van der Waals surface area (Å²) in [7, 11) is 0. The Balaban J connectivity index is 2.04. The number of aromatic hydroxyl groups is 2. The van der Waals surface area contributed by atoms with Crippen molar-refractivity contribution < 1.29 is 29.6 Å². The minimum absolute atomic E-state index is 0.0230. The van der Waals surface area contributed by atoms with Crippen LogP contribution in [0.2, 0.25) is 0 Å². The van der Waals surface area contributed by atoms with E-state index in [9.17, 15) is 24.9 Å². The van der Waals surface area contributed by atoms with Gasteiger partial charge in [-0.2, -0.15) is 0 Å². The Hall–Kier alpha value is -2.60. The summed E-state index contributed by atoms with van der Waals surface area (Å²) in [6, 6.07) is 0. The highest BCUT2D eigenvalue weighted by Crippen LogP contribution is 2.57. The van der Waals surface area contributed by atoms with Crippen molar-refractivity contribution >= 4 is 11.6 Å². The summed E-state index contributed by atoms with van der Waals surface area (Å²) in [6.45, 7) is 5.04. The molecule has 0 spiro atoms. The Morgan fingerprint density at radius 1 is 1.19 bits per heavy atom. The van der Waals surface area contributed by atoms with Gasteiger partial charge in [0.15, 0.2) is 23.1 Å². The first-order valence-corrected chi connectivity index (χ1v) is 8.57. The standard InChI is InChI=1S/C20H20O6/c1-8-9(2)14(23)6-20(3)12(8)5-13(22)15-16(20)18(25)19-11(17(15)24)4-10(7-21)26-19/h5,10,21,24-25H,4,6-7H2,1-3H3/t10-,20-/m1/s1. The van der Waals surface area contributed by atoms with Crippen molar-refractivity contribution in [2.75, 3.05) is 6.61 Å². The van der Waals surface area contributed by atoms with Gasteiger partial charge in [0, 0.05) is 29.4 Å². The van der Waals surface area contributed by atoms with Crippen molar-refractivity contribution in [3.63, 3.8) is 0 Å². The van der Waals surface area contributed by atoms with Crippen LogP contribution in [-0.2, 0) is 16.6 Å². The fourth-order valence-corrected chi connectivity index (χ4v) is 4.45. The molecule has 0 saturated carbocycles. The molecule has 6 heteroatoms. The number of aliphatic hydroxyl groups excluding tert-OH is 1. The summed E-state index contributed by atoms with van der Waals surface area (Å²) in [4.78, 5) is 25.3. The predicted octanol–water partition coefficient (Wildman–Crippen LogP) is 2.08. The van der Waals surface area contributed by atoms with E-state index in [1.165, 1.54) is 6.08 Å². The molecule has 3 N–H and O–H groups in total. The molecule has 0 unspecified atom stereocenters. The summed E-state index contributed by atoms with van der Waals surface area (Å²) < 4.78 is 5.58. The van der Waals surface area contributed by atoms with Gasteiger partial charge in [0.05, 0.1) is 12.2 Å². The van der Waals surface area contributed by atoms with Crippen molar-refractivity contribution in [3.8, 4) is 17.2 Å². The minimum atomic E-state index is -0.929. The number of ether oxygens (including phenoxy) is 1. The second-order valence-corrected chi connectivity index (χ2v) is 7.49. The second-order valence-electron chi connectivity index (χ2n) is 7.49. The molecular formula is C20H20O6. The van der Waals surface area contributed by atoms with Gasteiger partial charge in [0.2, 0.25) is 0 Å².